The van der Waals surface area contributed by atoms with Crippen LogP contribution < -0.4 is 14.2 Å². The first kappa shape index (κ1) is 24.5. The molecule has 1 fully saturated rings. The fraction of sp³-hybridized carbons (Fsp3) is 0.357. The molecule has 1 aliphatic heterocycles. The number of hydrogen-bond acceptors (Lipinski definition) is 6. The van der Waals surface area contributed by atoms with Crippen LogP contribution in [0.2, 0.25) is 0 Å². The molecule has 35 heavy (non-hydrogen) atoms. The molecule has 184 valence electrons. The molecular weight excluding hydrogens is 444 g/mol. The van der Waals surface area contributed by atoms with E-state index in [1.807, 2.05) is 67.7 Å². The molecule has 7 heteroatoms. The average Bonchev–Trinajstić information content (AvgIpc) is 2.89. The molecular formula is C28H32N2O5. The Labute approximate surface area is 206 Å². The molecule has 0 radical (unpaired) electrons. The molecule has 0 spiro atoms. The van der Waals surface area contributed by atoms with E-state index in [0.717, 1.165) is 22.4 Å². The first-order valence-corrected chi connectivity index (χ1v) is 11.8. The molecule has 0 aliphatic carbocycles. The van der Waals surface area contributed by atoms with Crippen LogP contribution in [-0.2, 0) is 11.4 Å². The van der Waals surface area contributed by atoms with Crippen LogP contribution in [0, 0.1) is 12.8 Å². The Kier molecular flexibility index (Phi) is 7.87. The standard InChI is InChI=1S/C28H32N2O5/c1-19-9-10-23(29-17-19)26(30-13-11-21(12-14-30)28(31)32)22-15-24(33-2)27(25(16-22)34-3)35-18-20-7-5-4-6-8-20/h4-10,15-17,21,26H,11-14,18H2,1-3H3,(H,31,32). The molecule has 2 heterocycles. The number of piperidine rings is 1. The number of carboxylic acid groups (broad SMARTS) is 1. The summed E-state index contributed by atoms with van der Waals surface area (Å²) >= 11 is 0. The summed E-state index contributed by atoms with van der Waals surface area (Å²) in [6.45, 7) is 3.72. The van der Waals surface area contributed by atoms with E-state index in [4.69, 9.17) is 19.2 Å². The van der Waals surface area contributed by atoms with E-state index in [-0.39, 0.29) is 12.0 Å². The number of aromatic nitrogens is 1. The van der Waals surface area contributed by atoms with Gasteiger partial charge in [-0.15, -0.1) is 0 Å². The van der Waals surface area contributed by atoms with E-state index in [9.17, 15) is 9.90 Å². The van der Waals surface area contributed by atoms with Gasteiger partial charge in [-0.2, -0.15) is 0 Å². The number of rotatable bonds is 9. The maximum Gasteiger partial charge on any atom is 0.306 e. The van der Waals surface area contributed by atoms with Crippen LogP contribution in [0.25, 0.3) is 0 Å². The van der Waals surface area contributed by atoms with Crippen molar-refractivity contribution in [1.82, 2.24) is 9.88 Å². The summed E-state index contributed by atoms with van der Waals surface area (Å²) in [6.07, 6.45) is 3.06. The number of ether oxygens (including phenoxy) is 3. The Balaban J connectivity index is 1.69. The van der Waals surface area contributed by atoms with Crippen LogP contribution in [0.4, 0.5) is 0 Å². The highest BCUT2D eigenvalue weighted by atomic mass is 16.5. The molecule has 2 aromatic carbocycles. The molecule has 3 aromatic rings. The van der Waals surface area contributed by atoms with Crippen LogP contribution >= 0.6 is 0 Å². The van der Waals surface area contributed by atoms with Gasteiger partial charge in [-0.25, -0.2) is 0 Å². The zero-order valence-electron chi connectivity index (χ0n) is 20.4. The van der Waals surface area contributed by atoms with Crippen molar-refractivity contribution in [2.24, 2.45) is 5.92 Å². The number of aryl methyl sites for hydroxylation is 1. The van der Waals surface area contributed by atoms with Crippen molar-refractivity contribution in [3.63, 3.8) is 0 Å². The predicted molar refractivity (Wildman–Crippen MR) is 133 cm³/mol. The average molecular weight is 477 g/mol. The fourth-order valence-corrected chi connectivity index (χ4v) is 4.54. The van der Waals surface area contributed by atoms with Gasteiger partial charge >= 0.3 is 5.97 Å². The van der Waals surface area contributed by atoms with Crippen molar-refractivity contribution >= 4 is 5.97 Å². The summed E-state index contributed by atoms with van der Waals surface area (Å²) in [6, 6.07) is 17.8. The quantitative estimate of drug-likeness (QED) is 0.472. The molecule has 1 N–H and O–H groups in total. The Morgan fingerprint density at radius 2 is 1.71 bits per heavy atom. The second-order valence-corrected chi connectivity index (χ2v) is 8.84. The topological polar surface area (TPSA) is 81.1 Å². The number of benzene rings is 2. The Hall–Kier alpha value is -3.58. The molecule has 1 aliphatic rings. The van der Waals surface area contributed by atoms with E-state index in [1.165, 1.54) is 0 Å². The van der Waals surface area contributed by atoms with Gasteiger partial charge in [0.1, 0.15) is 6.61 Å². The summed E-state index contributed by atoms with van der Waals surface area (Å²) in [5.74, 6) is 0.664. The Bertz CT molecular complexity index is 1100. The summed E-state index contributed by atoms with van der Waals surface area (Å²) in [4.78, 5) is 18.5. The Morgan fingerprint density at radius 3 is 2.26 bits per heavy atom. The lowest BCUT2D eigenvalue weighted by Crippen LogP contribution is -2.39. The van der Waals surface area contributed by atoms with Gasteiger partial charge < -0.3 is 19.3 Å². The molecule has 0 bridgehead atoms. The summed E-state index contributed by atoms with van der Waals surface area (Å²) < 4.78 is 17.6. The third kappa shape index (κ3) is 5.74. The number of likely N-dealkylation sites (tertiary alicyclic amines) is 1. The molecule has 0 amide bonds. The molecule has 1 saturated heterocycles. The van der Waals surface area contributed by atoms with Crippen molar-refractivity contribution in [3.05, 3.63) is 83.2 Å². The molecule has 1 aromatic heterocycles. The van der Waals surface area contributed by atoms with Crippen LogP contribution in [-0.4, -0.2) is 48.3 Å². The zero-order chi connectivity index (χ0) is 24.8. The minimum atomic E-state index is -0.724. The van der Waals surface area contributed by atoms with Gasteiger partial charge in [-0.05, 0) is 67.7 Å². The van der Waals surface area contributed by atoms with Crippen molar-refractivity contribution in [1.29, 1.82) is 0 Å². The third-order valence-corrected chi connectivity index (χ3v) is 6.48. The summed E-state index contributed by atoms with van der Waals surface area (Å²) in [5, 5.41) is 9.45. The molecule has 0 saturated carbocycles. The van der Waals surface area contributed by atoms with Crippen LogP contribution in [0.3, 0.4) is 0 Å². The van der Waals surface area contributed by atoms with Crippen LogP contribution in [0.5, 0.6) is 17.2 Å². The van der Waals surface area contributed by atoms with Crippen molar-refractivity contribution in [2.75, 3.05) is 27.3 Å². The van der Waals surface area contributed by atoms with Crippen LogP contribution in [0.15, 0.2) is 60.8 Å². The maximum absolute atomic E-state index is 11.5. The van der Waals surface area contributed by atoms with Crippen LogP contribution in [0.1, 0.15) is 41.3 Å². The second-order valence-electron chi connectivity index (χ2n) is 8.84. The highest BCUT2D eigenvalue weighted by Crippen LogP contribution is 2.43. The van der Waals surface area contributed by atoms with E-state index < -0.39 is 5.97 Å². The normalized spacial score (nSPS) is 15.4. The maximum atomic E-state index is 11.5. The monoisotopic (exact) mass is 476 g/mol. The second kappa shape index (κ2) is 11.2. The Morgan fingerprint density at radius 1 is 1.06 bits per heavy atom. The smallest absolute Gasteiger partial charge is 0.306 e. The van der Waals surface area contributed by atoms with Gasteiger partial charge in [0, 0.05) is 6.20 Å². The lowest BCUT2D eigenvalue weighted by Gasteiger charge is -2.36. The van der Waals surface area contributed by atoms with Crippen molar-refractivity contribution in [2.45, 2.75) is 32.4 Å². The first-order valence-electron chi connectivity index (χ1n) is 11.8. The molecule has 1 unspecified atom stereocenters. The van der Waals surface area contributed by atoms with Gasteiger partial charge in [0.15, 0.2) is 11.5 Å². The van der Waals surface area contributed by atoms with Gasteiger partial charge in [-0.3, -0.25) is 14.7 Å². The third-order valence-electron chi connectivity index (χ3n) is 6.48. The van der Waals surface area contributed by atoms with E-state index in [1.54, 1.807) is 14.2 Å². The van der Waals surface area contributed by atoms with Gasteiger partial charge in [0.2, 0.25) is 5.75 Å². The van der Waals surface area contributed by atoms with Gasteiger partial charge in [0.05, 0.1) is 31.9 Å². The number of nitrogens with zero attached hydrogens (tertiary/aromatic N) is 2. The van der Waals surface area contributed by atoms with Crippen molar-refractivity contribution in [3.8, 4) is 17.2 Å². The van der Waals surface area contributed by atoms with Gasteiger partial charge in [-0.1, -0.05) is 36.4 Å². The van der Waals surface area contributed by atoms with Gasteiger partial charge in [0.25, 0.3) is 0 Å². The minimum Gasteiger partial charge on any atom is -0.493 e. The lowest BCUT2D eigenvalue weighted by molar-refractivity contribution is -0.143. The zero-order valence-corrected chi connectivity index (χ0v) is 20.4. The number of carboxylic acids is 1. The first-order chi connectivity index (χ1) is 17.0. The predicted octanol–water partition coefficient (Wildman–Crippen LogP) is 4.87. The number of pyridine rings is 1. The SMILES string of the molecule is COc1cc(C(c2ccc(C)cn2)N2CCC(C(=O)O)CC2)cc(OC)c1OCc1ccccc1. The molecule has 4 rings (SSSR count). The van der Waals surface area contributed by atoms with E-state index in [2.05, 4.69) is 4.90 Å². The lowest BCUT2D eigenvalue weighted by atomic mass is 9.92. The number of hydrogen-bond donors (Lipinski definition) is 1. The largest absolute Gasteiger partial charge is 0.493 e. The summed E-state index contributed by atoms with van der Waals surface area (Å²) in [5.41, 5.74) is 3.97. The van der Waals surface area contributed by atoms with Crippen molar-refractivity contribution < 1.29 is 24.1 Å². The fourth-order valence-electron chi connectivity index (χ4n) is 4.54. The number of methoxy groups -OCH3 is 2. The minimum absolute atomic E-state index is 0.170. The van der Waals surface area contributed by atoms with E-state index in [0.29, 0.717) is 49.8 Å². The summed E-state index contributed by atoms with van der Waals surface area (Å²) in [7, 11) is 3.23. The number of carbonyl (C=O) groups is 1. The molecule has 1 atom stereocenters. The highest BCUT2D eigenvalue weighted by molar-refractivity contribution is 5.70. The number of aliphatic carboxylic acids is 1. The molecule has 7 nitrogen and oxygen atoms in total. The highest BCUT2D eigenvalue weighted by Gasteiger charge is 2.32. The van der Waals surface area contributed by atoms with E-state index >= 15 is 0 Å².